The fourth-order valence-corrected chi connectivity index (χ4v) is 4.13. The Kier molecular flexibility index (Phi) is 5.60. The van der Waals surface area contributed by atoms with E-state index in [0.717, 1.165) is 27.5 Å². The summed E-state index contributed by atoms with van der Waals surface area (Å²) in [4.78, 5) is 26.1. The van der Waals surface area contributed by atoms with Gasteiger partial charge >= 0.3 is 6.03 Å². The second-order valence-corrected chi connectivity index (χ2v) is 8.07. The van der Waals surface area contributed by atoms with Crippen LogP contribution in [-0.2, 0) is 11.3 Å². The van der Waals surface area contributed by atoms with Gasteiger partial charge in [0.2, 0.25) is 0 Å². The van der Waals surface area contributed by atoms with Crippen LogP contribution in [-0.4, -0.2) is 21.4 Å². The quantitative estimate of drug-likeness (QED) is 0.407. The zero-order valence-electron chi connectivity index (χ0n) is 16.7. The minimum Gasteiger partial charge on any atom is -0.316 e. The van der Waals surface area contributed by atoms with Crippen LogP contribution in [0.3, 0.4) is 0 Å². The topological polar surface area (TPSA) is 54.3 Å². The lowest BCUT2D eigenvalue weighted by Crippen LogP contribution is -2.30. The van der Waals surface area contributed by atoms with Crippen LogP contribution in [0.5, 0.6) is 0 Å². The number of benzene rings is 2. The molecule has 0 saturated carbocycles. The maximum absolute atomic E-state index is 14.0. The van der Waals surface area contributed by atoms with E-state index in [0.29, 0.717) is 10.0 Å². The third-order valence-corrected chi connectivity index (χ3v) is 5.71. The van der Waals surface area contributed by atoms with Crippen molar-refractivity contribution < 1.29 is 14.0 Å². The van der Waals surface area contributed by atoms with Gasteiger partial charge < -0.3 is 9.88 Å². The average Bonchev–Trinajstić information content (AvgIpc) is 3.14. The smallest absolute Gasteiger partial charge is 0.316 e. The van der Waals surface area contributed by atoms with Crippen LogP contribution >= 0.6 is 23.2 Å². The monoisotopic (exact) mass is 457 g/mol. The summed E-state index contributed by atoms with van der Waals surface area (Å²) in [6.07, 6.45) is 1.62. The molecule has 8 heteroatoms. The first-order valence-electron chi connectivity index (χ1n) is 9.48. The van der Waals surface area contributed by atoms with E-state index in [4.69, 9.17) is 23.2 Å². The molecule has 3 amide bonds. The van der Waals surface area contributed by atoms with Crippen LogP contribution in [0.1, 0.15) is 22.5 Å². The van der Waals surface area contributed by atoms with Crippen LogP contribution < -0.4 is 5.32 Å². The summed E-state index contributed by atoms with van der Waals surface area (Å²) < 4.78 is 15.9. The van der Waals surface area contributed by atoms with Gasteiger partial charge in [0.25, 0.3) is 5.91 Å². The second-order valence-electron chi connectivity index (χ2n) is 7.23. The molecule has 2 aromatic carbocycles. The Balaban J connectivity index is 1.66. The predicted octanol–water partition coefficient (Wildman–Crippen LogP) is 5.63. The molecule has 1 N–H and O–H groups in total. The van der Waals surface area contributed by atoms with E-state index in [1.54, 1.807) is 36.4 Å². The molecule has 0 aliphatic carbocycles. The highest BCUT2D eigenvalue weighted by Crippen LogP contribution is 2.30. The fraction of sp³-hybridized carbons (Fsp3) is 0.130. The van der Waals surface area contributed by atoms with E-state index in [-0.39, 0.29) is 17.8 Å². The molecule has 0 radical (unpaired) electrons. The standard InChI is InChI=1S/C23H18Cl2FN3O2/c1-13-9-16(14(2)29(13)21-8-7-17(24)11-18(21)25)10-20-22(30)28(23(31)27-20)12-15-5-3-4-6-19(15)26/h3-11H,12H2,1-2H3,(H,27,31)/b20-10+. The number of urea groups is 1. The first-order chi connectivity index (χ1) is 14.8. The number of aromatic nitrogens is 1. The second kappa shape index (κ2) is 8.21. The molecule has 0 atom stereocenters. The molecule has 0 bridgehead atoms. The van der Waals surface area contributed by atoms with Crippen molar-refractivity contribution >= 4 is 41.2 Å². The van der Waals surface area contributed by atoms with E-state index < -0.39 is 17.8 Å². The molecule has 1 fully saturated rings. The number of hydrogen-bond acceptors (Lipinski definition) is 2. The maximum Gasteiger partial charge on any atom is 0.329 e. The number of hydrogen-bond donors (Lipinski definition) is 1. The minimum atomic E-state index is -0.589. The van der Waals surface area contributed by atoms with Crippen molar-refractivity contribution in [3.8, 4) is 5.69 Å². The lowest BCUT2D eigenvalue weighted by atomic mass is 10.2. The highest BCUT2D eigenvalue weighted by Gasteiger charge is 2.34. The number of halogens is 3. The van der Waals surface area contributed by atoms with Gasteiger partial charge in [-0.05, 0) is 55.8 Å². The Hall–Kier alpha value is -3.09. The van der Waals surface area contributed by atoms with Crippen molar-refractivity contribution in [1.29, 1.82) is 0 Å². The van der Waals surface area contributed by atoms with Crippen LogP contribution in [0.25, 0.3) is 11.8 Å². The van der Waals surface area contributed by atoms with Gasteiger partial charge in [0.05, 0.1) is 17.3 Å². The molecule has 2 heterocycles. The zero-order valence-corrected chi connectivity index (χ0v) is 18.3. The normalized spacial score (nSPS) is 15.1. The predicted molar refractivity (Wildman–Crippen MR) is 119 cm³/mol. The highest BCUT2D eigenvalue weighted by molar-refractivity contribution is 6.35. The molecule has 1 saturated heterocycles. The Morgan fingerprint density at radius 3 is 2.52 bits per heavy atom. The number of imide groups is 1. The molecule has 1 aliphatic heterocycles. The van der Waals surface area contributed by atoms with Gasteiger partial charge in [-0.3, -0.25) is 9.69 Å². The van der Waals surface area contributed by atoms with E-state index >= 15 is 0 Å². The molecular formula is C23H18Cl2FN3O2. The van der Waals surface area contributed by atoms with Crippen LogP contribution in [0.2, 0.25) is 10.0 Å². The van der Waals surface area contributed by atoms with Crippen LogP contribution in [0.15, 0.2) is 54.2 Å². The highest BCUT2D eigenvalue weighted by atomic mass is 35.5. The van der Waals surface area contributed by atoms with Gasteiger partial charge in [0.15, 0.2) is 0 Å². The first-order valence-corrected chi connectivity index (χ1v) is 10.2. The molecule has 1 aromatic heterocycles. The molecule has 1 aliphatic rings. The summed E-state index contributed by atoms with van der Waals surface area (Å²) in [5.74, 6) is -0.980. The maximum atomic E-state index is 14.0. The number of carbonyl (C=O) groups excluding carboxylic acids is 2. The van der Waals surface area contributed by atoms with Crippen molar-refractivity contribution in [2.45, 2.75) is 20.4 Å². The fourth-order valence-electron chi connectivity index (χ4n) is 3.63. The van der Waals surface area contributed by atoms with Crippen LogP contribution in [0, 0.1) is 19.7 Å². The Morgan fingerprint density at radius 2 is 1.81 bits per heavy atom. The van der Waals surface area contributed by atoms with Crippen molar-refractivity contribution in [3.63, 3.8) is 0 Å². The molecule has 0 spiro atoms. The van der Waals surface area contributed by atoms with Gasteiger partial charge in [0.1, 0.15) is 11.5 Å². The average molecular weight is 458 g/mol. The number of amides is 3. The molecule has 3 aromatic rings. The minimum absolute atomic E-state index is 0.129. The summed E-state index contributed by atoms with van der Waals surface area (Å²) >= 11 is 12.4. The van der Waals surface area contributed by atoms with E-state index in [9.17, 15) is 14.0 Å². The summed E-state index contributed by atoms with van der Waals surface area (Å²) in [5, 5.41) is 3.61. The number of aryl methyl sites for hydroxylation is 1. The Morgan fingerprint density at radius 1 is 1.06 bits per heavy atom. The summed E-state index contributed by atoms with van der Waals surface area (Å²) in [7, 11) is 0. The first kappa shape index (κ1) is 21.2. The van der Waals surface area contributed by atoms with E-state index in [1.165, 1.54) is 6.07 Å². The summed E-state index contributed by atoms with van der Waals surface area (Å²) in [6.45, 7) is 3.66. The van der Waals surface area contributed by atoms with Gasteiger partial charge in [-0.1, -0.05) is 41.4 Å². The number of carbonyl (C=O) groups is 2. The van der Waals surface area contributed by atoms with E-state index in [2.05, 4.69) is 5.32 Å². The molecule has 4 rings (SSSR count). The van der Waals surface area contributed by atoms with Crippen molar-refractivity contribution in [2.24, 2.45) is 0 Å². The molecule has 5 nitrogen and oxygen atoms in total. The Bertz CT molecular complexity index is 1250. The van der Waals surface area contributed by atoms with Crippen molar-refractivity contribution in [2.75, 3.05) is 0 Å². The summed E-state index contributed by atoms with van der Waals surface area (Å²) in [5.41, 5.74) is 3.64. The Labute approximate surface area is 188 Å². The van der Waals surface area contributed by atoms with Gasteiger partial charge in [-0.2, -0.15) is 0 Å². The van der Waals surface area contributed by atoms with Crippen molar-refractivity contribution in [3.05, 3.63) is 92.6 Å². The molecule has 158 valence electrons. The number of nitrogens with one attached hydrogen (secondary N) is 1. The number of rotatable bonds is 4. The lowest BCUT2D eigenvalue weighted by molar-refractivity contribution is -0.123. The molecular weight excluding hydrogens is 440 g/mol. The molecule has 31 heavy (non-hydrogen) atoms. The van der Waals surface area contributed by atoms with Gasteiger partial charge in [-0.25, -0.2) is 9.18 Å². The summed E-state index contributed by atoms with van der Waals surface area (Å²) in [6, 6.07) is 12.6. The zero-order chi connectivity index (χ0) is 22.3. The third kappa shape index (κ3) is 3.96. The largest absolute Gasteiger partial charge is 0.329 e. The van der Waals surface area contributed by atoms with Gasteiger partial charge in [0, 0.05) is 22.0 Å². The van der Waals surface area contributed by atoms with E-state index in [1.807, 2.05) is 30.5 Å². The SMILES string of the molecule is Cc1cc(/C=C2/NC(=O)N(Cc3ccccc3F)C2=O)c(C)n1-c1ccc(Cl)cc1Cl. The molecule has 0 unspecified atom stereocenters. The number of nitrogens with zero attached hydrogens (tertiary/aromatic N) is 2. The third-order valence-electron chi connectivity index (χ3n) is 5.17. The van der Waals surface area contributed by atoms with Gasteiger partial charge in [-0.15, -0.1) is 0 Å². The van der Waals surface area contributed by atoms with Crippen LogP contribution in [0.4, 0.5) is 9.18 Å². The van der Waals surface area contributed by atoms with Crippen molar-refractivity contribution in [1.82, 2.24) is 14.8 Å². The lowest BCUT2D eigenvalue weighted by Gasteiger charge is -2.12.